The summed E-state index contributed by atoms with van der Waals surface area (Å²) in [5, 5.41) is 10.5. The van der Waals surface area contributed by atoms with Gasteiger partial charge in [0.1, 0.15) is 0 Å². The van der Waals surface area contributed by atoms with Crippen LogP contribution in [0.2, 0.25) is 0 Å². The Kier molecular flexibility index (Phi) is 6.10. The molecule has 0 atom stereocenters. The minimum Gasteiger partial charge on any atom is -0.480 e. The lowest BCUT2D eigenvalue weighted by atomic mass is 10.7. The lowest BCUT2D eigenvalue weighted by Gasteiger charge is -1.99. The predicted molar refractivity (Wildman–Crippen MR) is 45.3 cm³/mol. The number of aliphatic carboxylic acids is 1. The molecule has 3 nitrogen and oxygen atoms in total. The van der Waals surface area contributed by atoms with Gasteiger partial charge in [-0.1, -0.05) is 0 Å². The largest absolute Gasteiger partial charge is 0.480 e. The number of rotatable bonds is 4. The van der Waals surface area contributed by atoms with Gasteiger partial charge in [0.25, 0.3) is 0 Å². The Morgan fingerprint density at radius 1 is 1.67 bits per heavy atom. The number of carboxylic acids is 1. The smallest absolute Gasteiger partial charge is 0.317 e. The van der Waals surface area contributed by atoms with E-state index in [1.54, 1.807) is 0 Å². The highest BCUT2D eigenvalue weighted by atomic mass is 79.9. The predicted octanol–water partition coefficient (Wildman–Crippen LogP) is 1.72. The van der Waals surface area contributed by atoms with E-state index in [1.807, 2.05) is 0 Å². The summed E-state index contributed by atoms with van der Waals surface area (Å²) in [7, 11) is 0. The summed E-state index contributed by atoms with van der Waals surface area (Å²) in [6.45, 7) is 0.0238. The molecule has 6 heteroatoms. The maximum atomic E-state index is 9.89. The summed E-state index contributed by atoms with van der Waals surface area (Å²) >= 11 is 6.50. The molecule has 0 saturated carbocycles. The van der Waals surface area contributed by atoms with E-state index in [9.17, 15) is 4.79 Å². The highest BCUT2D eigenvalue weighted by Crippen LogP contribution is 2.50. The fraction of sp³-hybridized carbons (Fsp3) is 0.667. The Bertz CT molecular complexity index is 99.8. The molecule has 0 amide bonds. The van der Waals surface area contributed by atoms with Crippen LogP contribution in [0, 0.1) is 0 Å². The number of halogens is 2. The molecule has 0 saturated heterocycles. The third-order valence-corrected chi connectivity index (χ3v) is 2.47. The Labute approximate surface area is 70.4 Å². The molecule has 0 aromatic carbocycles. The second-order valence-corrected chi connectivity index (χ2v) is 10.2. The number of carbonyl (C=O) groups is 1. The van der Waals surface area contributed by atoms with E-state index in [2.05, 4.69) is 36.3 Å². The average molecular weight is 279 g/mol. The average Bonchev–Trinajstić information content (AvgIpc) is 1.63. The molecule has 9 heavy (non-hydrogen) atoms. The summed E-state index contributed by atoms with van der Waals surface area (Å²) in [6, 6.07) is 0. The van der Waals surface area contributed by atoms with Gasteiger partial charge in [-0.25, -0.2) is 0 Å². The van der Waals surface area contributed by atoms with Crippen molar-refractivity contribution in [3.63, 3.8) is 0 Å². The monoisotopic (exact) mass is 277 g/mol. The Morgan fingerprint density at radius 2 is 2.22 bits per heavy atom. The number of carboxylic acid groups (broad SMARTS) is 1. The second kappa shape index (κ2) is 5.59. The van der Waals surface area contributed by atoms with Crippen molar-refractivity contribution in [2.24, 2.45) is 0 Å². The number of hydrogen-bond acceptors (Lipinski definition) is 2. The lowest BCUT2D eigenvalue weighted by molar-refractivity contribution is -0.135. The molecular formula is C3H6Br2NO2P. The van der Waals surface area contributed by atoms with Gasteiger partial charge in [0.05, 0.1) is 6.54 Å². The van der Waals surface area contributed by atoms with E-state index in [1.165, 1.54) is 0 Å². The summed E-state index contributed by atoms with van der Waals surface area (Å²) in [6.07, 6.45) is 0.668. The first kappa shape index (κ1) is 9.82. The highest BCUT2D eigenvalue weighted by Gasteiger charge is 1.98. The molecule has 0 aromatic rings. The molecule has 0 rings (SSSR count). The van der Waals surface area contributed by atoms with Crippen LogP contribution >= 0.6 is 36.3 Å². The van der Waals surface area contributed by atoms with Crippen LogP contribution in [0.15, 0.2) is 0 Å². The van der Waals surface area contributed by atoms with Crippen LogP contribution in [0.1, 0.15) is 0 Å². The summed E-state index contributed by atoms with van der Waals surface area (Å²) < 4.78 is 0. The van der Waals surface area contributed by atoms with Crippen LogP contribution in [0.3, 0.4) is 0 Å². The van der Waals surface area contributed by atoms with Crippen LogP contribution in [0.5, 0.6) is 0 Å². The molecule has 54 valence electrons. The van der Waals surface area contributed by atoms with Gasteiger partial charge >= 0.3 is 5.97 Å². The van der Waals surface area contributed by atoms with Gasteiger partial charge in [0, 0.05) is 11.6 Å². The minimum absolute atomic E-state index is 0.0238. The van der Waals surface area contributed by atoms with E-state index < -0.39 is 5.97 Å². The fourth-order valence-electron chi connectivity index (χ4n) is 0.247. The molecular weight excluding hydrogens is 273 g/mol. The molecule has 0 aliphatic carbocycles. The van der Waals surface area contributed by atoms with Gasteiger partial charge in [-0.15, -0.1) is 0 Å². The standard InChI is InChI=1S/C3H6Br2NO2P/c4-9(5)2-6-1-3(7)8/h6H,1-2H2,(H,7,8). The molecule has 2 N–H and O–H groups in total. The van der Waals surface area contributed by atoms with Crippen molar-refractivity contribution in [1.82, 2.24) is 5.32 Å². The Hall–Kier alpha value is 0.820. The Morgan fingerprint density at radius 3 is 2.56 bits per heavy atom. The zero-order chi connectivity index (χ0) is 7.28. The van der Waals surface area contributed by atoms with E-state index in [-0.39, 0.29) is 11.9 Å². The van der Waals surface area contributed by atoms with Crippen molar-refractivity contribution >= 4 is 42.3 Å². The molecule has 0 bridgehead atoms. The lowest BCUT2D eigenvalue weighted by Crippen LogP contribution is -2.21. The summed E-state index contributed by atoms with van der Waals surface area (Å²) in [5.41, 5.74) is 0. The van der Waals surface area contributed by atoms with Crippen LogP contribution in [-0.2, 0) is 4.79 Å². The van der Waals surface area contributed by atoms with Crippen molar-refractivity contribution in [2.45, 2.75) is 0 Å². The highest BCUT2D eigenvalue weighted by molar-refractivity contribution is 9.69. The molecule has 0 unspecified atom stereocenters. The van der Waals surface area contributed by atoms with Gasteiger partial charge in [-0.05, 0) is 31.0 Å². The zero-order valence-corrected chi connectivity index (χ0v) is 8.54. The molecule has 0 aliphatic heterocycles. The first-order valence-electron chi connectivity index (χ1n) is 2.14. The maximum Gasteiger partial charge on any atom is 0.317 e. The quantitative estimate of drug-likeness (QED) is 0.770. The number of nitrogens with one attached hydrogen (secondary N) is 1. The van der Waals surface area contributed by atoms with Crippen molar-refractivity contribution in [3.05, 3.63) is 0 Å². The van der Waals surface area contributed by atoms with Gasteiger partial charge in [-0.2, -0.15) is 0 Å². The molecule has 0 fully saturated rings. The van der Waals surface area contributed by atoms with Crippen molar-refractivity contribution in [1.29, 1.82) is 0 Å². The second-order valence-electron chi connectivity index (χ2n) is 1.28. The Balaban J connectivity index is 3.01. The first-order valence-corrected chi connectivity index (χ1v) is 7.71. The molecule has 0 heterocycles. The van der Waals surface area contributed by atoms with Gasteiger partial charge in [0.2, 0.25) is 0 Å². The van der Waals surface area contributed by atoms with Crippen LogP contribution < -0.4 is 5.32 Å². The maximum absolute atomic E-state index is 9.89. The van der Waals surface area contributed by atoms with Gasteiger partial charge in [0.15, 0.2) is 0 Å². The third kappa shape index (κ3) is 8.82. The normalized spacial score (nSPS) is 10.1. The van der Waals surface area contributed by atoms with Crippen molar-refractivity contribution in [3.8, 4) is 0 Å². The first-order chi connectivity index (χ1) is 4.13. The van der Waals surface area contributed by atoms with Crippen molar-refractivity contribution in [2.75, 3.05) is 12.8 Å². The van der Waals surface area contributed by atoms with Gasteiger partial charge < -0.3 is 10.4 Å². The fourth-order valence-corrected chi connectivity index (χ4v) is 1.59. The van der Waals surface area contributed by atoms with Crippen LogP contribution in [0.4, 0.5) is 0 Å². The molecule has 0 aromatic heterocycles. The van der Waals surface area contributed by atoms with Gasteiger partial charge in [-0.3, -0.25) is 4.79 Å². The van der Waals surface area contributed by atoms with Crippen molar-refractivity contribution < 1.29 is 9.90 Å². The summed E-state index contributed by atoms with van der Waals surface area (Å²) in [4.78, 5) is 9.89. The molecule has 0 spiro atoms. The van der Waals surface area contributed by atoms with E-state index in [4.69, 9.17) is 5.11 Å². The zero-order valence-electron chi connectivity index (χ0n) is 4.47. The van der Waals surface area contributed by atoms with E-state index in [0.717, 1.165) is 0 Å². The topological polar surface area (TPSA) is 49.3 Å². The van der Waals surface area contributed by atoms with E-state index in [0.29, 0.717) is 6.29 Å². The SMILES string of the molecule is O=C(O)CNCP(Br)Br. The van der Waals surface area contributed by atoms with Crippen LogP contribution in [-0.4, -0.2) is 23.9 Å². The van der Waals surface area contributed by atoms with E-state index >= 15 is 0 Å². The third-order valence-electron chi connectivity index (χ3n) is 0.508. The summed E-state index contributed by atoms with van der Waals surface area (Å²) in [5.74, 6) is -0.827. The minimum atomic E-state index is -0.827. The molecule has 0 radical (unpaired) electrons. The molecule has 0 aliphatic rings. The number of hydrogen-bond donors (Lipinski definition) is 2. The van der Waals surface area contributed by atoms with Crippen LogP contribution in [0.25, 0.3) is 0 Å².